The first-order valence-corrected chi connectivity index (χ1v) is 5.70. The smallest absolute Gasteiger partial charge is 0.356 e. The van der Waals surface area contributed by atoms with Crippen LogP contribution in [0.4, 0.5) is 5.69 Å². The van der Waals surface area contributed by atoms with Crippen LogP contribution in [-0.2, 0) is 16.0 Å². The number of nitrogens with zero attached hydrogens (tertiary/aromatic N) is 2. The molecule has 0 aliphatic carbocycles. The average Bonchev–Trinajstić information content (AvgIpc) is 2.40. The fourth-order valence-electron chi connectivity index (χ4n) is 1.56. The molecule has 0 unspecified atom stereocenters. The minimum Gasteiger partial charge on any atom is -0.461 e. The lowest BCUT2D eigenvalue weighted by Gasteiger charge is -2.04. The summed E-state index contributed by atoms with van der Waals surface area (Å²) in [5, 5.41) is 22.4. The molecule has 0 radical (unpaired) electrons. The Morgan fingerprint density at radius 2 is 2.16 bits per heavy atom. The molecule has 1 aromatic carbocycles. The fourth-order valence-corrected chi connectivity index (χ4v) is 1.56. The SMILES string of the molecule is CCOC(=O)C(CCc1ccccc1[N+](=O)[O-])=NO. The third kappa shape index (κ3) is 4.06. The van der Waals surface area contributed by atoms with Crippen LogP contribution in [0.1, 0.15) is 18.9 Å². The summed E-state index contributed by atoms with van der Waals surface area (Å²) in [4.78, 5) is 21.7. The van der Waals surface area contributed by atoms with Gasteiger partial charge in [0.25, 0.3) is 5.69 Å². The van der Waals surface area contributed by atoms with Crippen LogP contribution in [0.25, 0.3) is 0 Å². The van der Waals surface area contributed by atoms with E-state index in [2.05, 4.69) is 5.16 Å². The predicted octanol–water partition coefficient (Wildman–Crippen LogP) is 1.92. The first-order chi connectivity index (χ1) is 9.10. The van der Waals surface area contributed by atoms with Crippen molar-refractivity contribution < 1.29 is 19.7 Å². The Hall–Kier alpha value is -2.44. The molecule has 0 aromatic heterocycles. The Balaban J connectivity index is 2.76. The van der Waals surface area contributed by atoms with Gasteiger partial charge in [-0.05, 0) is 13.3 Å². The highest BCUT2D eigenvalue weighted by Crippen LogP contribution is 2.19. The number of ether oxygens (including phenoxy) is 1. The highest BCUT2D eigenvalue weighted by Gasteiger charge is 2.17. The van der Waals surface area contributed by atoms with E-state index >= 15 is 0 Å². The van der Waals surface area contributed by atoms with E-state index in [-0.39, 0.29) is 30.8 Å². The molecule has 0 fully saturated rings. The number of aryl methyl sites for hydroxylation is 1. The Labute approximate surface area is 109 Å². The number of carbonyl (C=O) groups is 1. The maximum Gasteiger partial charge on any atom is 0.356 e. The fraction of sp³-hybridized carbons (Fsp3) is 0.333. The van der Waals surface area contributed by atoms with Gasteiger partial charge in [0, 0.05) is 18.1 Å². The third-order valence-corrected chi connectivity index (χ3v) is 2.45. The van der Waals surface area contributed by atoms with Crippen molar-refractivity contribution in [3.05, 3.63) is 39.9 Å². The number of rotatable bonds is 6. The lowest BCUT2D eigenvalue weighted by molar-refractivity contribution is -0.385. The largest absolute Gasteiger partial charge is 0.461 e. The van der Waals surface area contributed by atoms with E-state index < -0.39 is 10.9 Å². The van der Waals surface area contributed by atoms with Crippen LogP contribution in [0.5, 0.6) is 0 Å². The molecule has 1 aromatic rings. The van der Waals surface area contributed by atoms with E-state index in [4.69, 9.17) is 9.94 Å². The van der Waals surface area contributed by atoms with Crippen LogP contribution in [0.2, 0.25) is 0 Å². The van der Waals surface area contributed by atoms with E-state index in [1.54, 1.807) is 25.1 Å². The number of benzene rings is 1. The molecule has 0 amide bonds. The van der Waals surface area contributed by atoms with Gasteiger partial charge < -0.3 is 9.94 Å². The zero-order chi connectivity index (χ0) is 14.3. The minimum absolute atomic E-state index is 0.0244. The number of nitro groups is 1. The van der Waals surface area contributed by atoms with Gasteiger partial charge in [-0.1, -0.05) is 23.4 Å². The second kappa shape index (κ2) is 7.10. The maximum absolute atomic E-state index is 11.4. The second-order valence-electron chi connectivity index (χ2n) is 3.65. The van der Waals surface area contributed by atoms with Gasteiger partial charge in [-0.15, -0.1) is 0 Å². The van der Waals surface area contributed by atoms with Crippen LogP contribution in [-0.4, -0.2) is 28.4 Å². The lowest BCUT2D eigenvalue weighted by Crippen LogP contribution is -2.18. The van der Waals surface area contributed by atoms with Gasteiger partial charge in [0.2, 0.25) is 0 Å². The van der Waals surface area contributed by atoms with Gasteiger partial charge in [0.15, 0.2) is 5.71 Å². The van der Waals surface area contributed by atoms with Gasteiger partial charge >= 0.3 is 5.97 Å². The first kappa shape index (κ1) is 14.6. The Bertz CT molecular complexity index is 499. The molecular formula is C12H14N2O5. The molecule has 7 heteroatoms. The topological polar surface area (TPSA) is 102 Å². The van der Waals surface area contributed by atoms with Crippen LogP contribution < -0.4 is 0 Å². The summed E-state index contributed by atoms with van der Waals surface area (Å²) in [5.41, 5.74) is 0.293. The zero-order valence-electron chi connectivity index (χ0n) is 10.4. The Morgan fingerprint density at radius 3 is 2.74 bits per heavy atom. The van der Waals surface area contributed by atoms with E-state index in [1.807, 2.05) is 0 Å². The molecule has 7 nitrogen and oxygen atoms in total. The molecule has 0 spiro atoms. The summed E-state index contributed by atoms with van der Waals surface area (Å²) < 4.78 is 4.70. The van der Waals surface area contributed by atoms with Crippen molar-refractivity contribution in [1.82, 2.24) is 0 Å². The van der Waals surface area contributed by atoms with Crippen LogP contribution in [0.3, 0.4) is 0 Å². The summed E-state index contributed by atoms with van der Waals surface area (Å²) in [6.07, 6.45) is 0.287. The van der Waals surface area contributed by atoms with Gasteiger partial charge in [-0.2, -0.15) is 0 Å². The van der Waals surface area contributed by atoms with E-state index in [0.717, 1.165) is 0 Å². The average molecular weight is 266 g/mol. The maximum atomic E-state index is 11.4. The van der Waals surface area contributed by atoms with Gasteiger partial charge in [-0.3, -0.25) is 10.1 Å². The number of hydrogen-bond acceptors (Lipinski definition) is 6. The van der Waals surface area contributed by atoms with E-state index in [1.165, 1.54) is 6.07 Å². The second-order valence-corrected chi connectivity index (χ2v) is 3.65. The highest BCUT2D eigenvalue weighted by molar-refractivity contribution is 6.36. The summed E-state index contributed by atoms with van der Waals surface area (Å²) in [6, 6.07) is 6.21. The standard InChI is InChI=1S/C12H14N2O5/c1-2-19-12(15)10(13-16)8-7-9-5-3-4-6-11(9)14(17)18/h3-6,16H,2,7-8H2,1H3. The summed E-state index contributed by atoms with van der Waals surface area (Å²) >= 11 is 0. The molecule has 19 heavy (non-hydrogen) atoms. The van der Waals surface area contributed by atoms with Crippen LogP contribution in [0, 0.1) is 10.1 Å². The number of nitro benzene ring substituents is 1. The van der Waals surface area contributed by atoms with Crippen molar-refractivity contribution in [2.45, 2.75) is 19.8 Å². The molecule has 0 aliphatic heterocycles. The molecular weight excluding hydrogens is 252 g/mol. The van der Waals surface area contributed by atoms with Gasteiger partial charge in [0.05, 0.1) is 11.5 Å². The van der Waals surface area contributed by atoms with Crippen molar-refractivity contribution in [3.63, 3.8) is 0 Å². The van der Waals surface area contributed by atoms with Crippen molar-refractivity contribution in [2.75, 3.05) is 6.61 Å². The van der Waals surface area contributed by atoms with E-state index in [9.17, 15) is 14.9 Å². The molecule has 0 atom stereocenters. The Kier molecular flexibility index (Phi) is 5.46. The number of hydrogen-bond donors (Lipinski definition) is 1. The van der Waals surface area contributed by atoms with Crippen molar-refractivity contribution >= 4 is 17.4 Å². The molecule has 102 valence electrons. The van der Waals surface area contributed by atoms with Crippen LogP contribution >= 0.6 is 0 Å². The molecule has 1 N–H and O–H groups in total. The first-order valence-electron chi connectivity index (χ1n) is 5.70. The number of oxime groups is 1. The normalized spacial score (nSPS) is 11.1. The van der Waals surface area contributed by atoms with Gasteiger partial charge in [0.1, 0.15) is 0 Å². The summed E-state index contributed by atoms with van der Waals surface area (Å²) in [6.45, 7) is 1.80. The van der Waals surface area contributed by atoms with Crippen molar-refractivity contribution in [2.24, 2.45) is 5.16 Å². The van der Waals surface area contributed by atoms with Crippen molar-refractivity contribution in [1.29, 1.82) is 0 Å². The predicted molar refractivity (Wildman–Crippen MR) is 67.3 cm³/mol. The monoisotopic (exact) mass is 266 g/mol. The molecule has 1 rings (SSSR count). The molecule has 0 saturated carbocycles. The van der Waals surface area contributed by atoms with Crippen molar-refractivity contribution in [3.8, 4) is 0 Å². The zero-order valence-corrected chi connectivity index (χ0v) is 10.4. The number of para-hydroxylation sites is 1. The lowest BCUT2D eigenvalue weighted by atomic mass is 10.1. The summed E-state index contributed by atoms with van der Waals surface area (Å²) in [7, 11) is 0. The van der Waals surface area contributed by atoms with Gasteiger partial charge in [-0.25, -0.2) is 4.79 Å². The quantitative estimate of drug-likeness (QED) is 0.278. The van der Waals surface area contributed by atoms with E-state index in [0.29, 0.717) is 5.56 Å². The summed E-state index contributed by atoms with van der Waals surface area (Å²) in [5.74, 6) is -0.719. The molecule has 0 saturated heterocycles. The molecule has 0 aliphatic rings. The number of esters is 1. The minimum atomic E-state index is -0.719. The third-order valence-electron chi connectivity index (χ3n) is 2.45. The number of carbonyl (C=O) groups excluding carboxylic acids is 1. The Morgan fingerprint density at radius 1 is 1.47 bits per heavy atom. The van der Waals surface area contributed by atoms with Crippen LogP contribution in [0.15, 0.2) is 29.4 Å². The highest BCUT2D eigenvalue weighted by atomic mass is 16.6. The molecule has 0 bridgehead atoms. The molecule has 0 heterocycles.